The van der Waals surface area contributed by atoms with Gasteiger partial charge in [0.2, 0.25) is 0 Å². The van der Waals surface area contributed by atoms with Gasteiger partial charge in [0.15, 0.2) is 0 Å². The average Bonchev–Trinajstić information content (AvgIpc) is 3.87. The van der Waals surface area contributed by atoms with Crippen LogP contribution in [0.15, 0.2) is 0 Å². The molecule has 6 nitrogen and oxygen atoms in total. The molecule has 302 valence electrons. The van der Waals surface area contributed by atoms with Crippen molar-refractivity contribution in [1.29, 1.82) is 0 Å². The van der Waals surface area contributed by atoms with Gasteiger partial charge in [0.1, 0.15) is 0 Å². The number of unbranched alkanes of at least 4 members (excludes halogenated alkanes) is 13. The predicted molar refractivity (Wildman–Crippen MR) is 216 cm³/mol. The largest absolute Gasteiger partial charge is 0.466 e. The summed E-state index contributed by atoms with van der Waals surface area (Å²) in [5, 5.41) is 9.44. The highest BCUT2D eigenvalue weighted by Gasteiger charge is 2.43. The van der Waals surface area contributed by atoms with Gasteiger partial charge < -0.3 is 19.5 Å². The lowest BCUT2D eigenvalue weighted by Gasteiger charge is -2.25. The Hall–Kier alpha value is -1.14. The second-order valence-electron chi connectivity index (χ2n) is 17.3. The topological polar surface area (TPSA) is 76.1 Å². The molecule has 0 aromatic heterocycles. The Morgan fingerprint density at radius 1 is 0.647 bits per heavy atom. The highest BCUT2D eigenvalue weighted by Crippen LogP contribution is 2.53. The second kappa shape index (κ2) is 31.2. The standard InChI is InChI=1S/C45H87NO5/c1-6-9-12-13-14-15-18-29-42(48)51-40-44(4,5)30-20-16-22-34-46(36-25-37-47)35-23-17-21-31-45(32-33-45)39-43(49)50-38-24-19-28-41(26-10-7-2)27-11-8-3/h41,47H,6-40H2,1-5H3. The molecule has 0 radical (unpaired) electrons. The first-order valence-electron chi connectivity index (χ1n) is 22.3. The molecule has 0 aliphatic heterocycles. The molecule has 0 saturated heterocycles. The van der Waals surface area contributed by atoms with Gasteiger partial charge in [-0.25, -0.2) is 0 Å². The first kappa shape index (κ1) is 47.9. The molecule has 1 aliphatic rings. The zero-order chi connectivity index (χ0) is 37.5. The predicted octanol–water partition coefficient (Wildman–Crippen LogP) is 12.4. The Kier molecular flexibility index (Phi) is 29.3. The average molecular weight is 722 g/mol. The van der Waals surface area contributed by atoms with Crippen LogP contribution in [0, 0.1) is 16.7 Å². The quantitative estimate of drug-likeness (QED) is 0.0505. The molecular weight excluding hydrogens is 634 g/mol. The summed E-state index contributed by atoms with van der Waals surface area (Å²) in [6.45, 7) is 15.7. The van der Waals surface area contributed by atoms with E-state index in [1.807, 2.05) is 0 Å². The molecule has 0 unspecified atom stereocenters. The Balaban J connectivity index is 2.16. The van der Waals surface area contributed by atoms with Crippen molar-refractivity contribution in [3.05, 3.63) is 0 Å². The Morgan fingerprint density at radius 3 is 1.84 bits per heavy atom. The number of hydrogen-bond acceptors (Lipinski definition) is 6. The molecule has 0 atom stereocenters. The number of carbonyl (C=O) groups is 2. The van der Waals surface area contributed by atoms with Gasteiger partial charge in [-0.15, -0.1) is 0 Å². The van der Waals surface area contributed by atoms with E-state index in [1.54, 1.807) is 0 Å². The highest BCUT2D eigenvalue weighted by molar-refractivity contribution is 5.70. The lowest BCUT2D eigenvalue weighted by molar-refractivity contribution is -0.147. The minimum atomic E-state index is -0.0318. The number of ether oxygens (including phenoxy) is 2. The first-order valence-corrected chi connectivity index (χ1v) is 22.3. The van der Waals surface area contributed by atoms with Crippen molar-refractivity contribution in [2.75, 3.05) is 39.5 Å². The summed E-state index contributed by atoms with van der Waals surface area (Å²) in [6, 6.07) is 0. The van der Waals surface area contributed by atoms with Crippen LogP contribution in [0.5, 0.6) is 0 Å². The third-order valence-electron chi connectivity index (χ3n) is 11.4. The van der Waals surface area contributed by atoms with E-state index in [2.05, 4.69) is 39.5 Å². The van der Waals surface area contributed by atoms with Crippen LogP contribution in [-0.4, -0.2) is 61.4 Å². The maximum absolute atomic E-state index is 12.6. The summed E-state index contributed by atoms with van der Waals surface area (Å²) in [4.78, 5) is 27.4. The van der Waals surface area contributed by atoms with Gasteiger partial charge >= 0.3 is 11.9 Å². The monoisotopic (exact) mass is 722 g/mol. The summed E-state index contributed by atoms with van der Waals surface area (Å²) in [7, 11) is 0. The van der Waals surface area contributed by atoms with Crippen molar-refractivity contribution in [1.82, 2.24) is 4.90 Å². The molecule has 1 rings (SSSR count). The molecule has 0 spiro atoms. The molecule has 0 bridgehead atoms. The van der Waals surface area contributed by atoms with E-state index in [1.165, 1.54) is 128 Å². The molecule has 1 aliphatic carbocycles. The molecule has 1 fully saturated rings. The van der Waals surface area contributed by atoms with Crippen LogP contribution in [0.2, 0.25) is 0 Å². The summed E-state index contributed by atoms with van der Waals surface area (Å²) >= 11 is 0. The first-order chi connectivity index (χ1) is 24.7. The minimum absolute atomic E-state index is 0.0212. The van der Waals surface area contributed by atoms with E-state index < -0.39 is 0 Å². The third-order valence-corrected chi connectivity index (χ3v) is 11.4. The fourth-order valence-corrected chi connectivity index (χ4v) is 7.59. The highest BCUT2D eigenvalue weighted by atomic mass is 16.5. The van der Waals surface area contributed by atoms with E-state index in [0.717, 1.165) is 70.5 Å². The Morgan fingerprint density at radius 2 is 1.22 bits per heavy atom. The SMILES string of the molecule is CCCCCCCCCC(=O)OCC(C)(C)CCCCCN(CCCO)CCCCCC1(CC(=O)OCCCCC(CCCC)CCCC)CC1. The summed E-state index contributed by atoms with van der Waals surface area (Å²) < 4.78 is 11.3. The van der Waals surface area contributed by atoms with Crippen molar-refractivity contribution >= 4 is 11.9 Å². The summed E-state index contributed by atoms with van der Waals surface area (Å²) in [5.41, 5.74) is 0.242. The van der Waals surface area contributed by atoms with Crippen molar-refractivity contribution in [3.63, 3.8) is 0 Å². The lowest BCUT2D eigenvalue weighted by Crippen LogP contribution is -2.28. The van der Waals surface area contributed by atoms with Crippen molar-refractivity contribution in [3.8, 4) is 0 Å². The summed E-state index contributed by atoms with van der Waals surface area (Å²) in [5.74, 6) is 0.851. The van der Waals surface area contributed by atoms with Gasteiger partial charge in [-0.1, -0.05) is 144 Å². The number of esters is 2. The second-order valence-corrected chi connectivity index (χ2v) is 17.3. The molecule has 0 aromatic rings. The van der Waals surface area contributed by atoms with E-state index >= 15 is 0 Å². The molecule has 0 heterocycles. The fourth-order valence-electron chi connectivity index (χ4n) is 7.59. The lowest BCUT2D eigenvalue weighted by atomic mass is 9.88. The van der Waals surface area contributed by atoms with Crippen LogP contribution in [0.1, 0.15) is 221 Å². The van der Waals surface area contributed by atoms with Crippen molar-refractivity contribution in [2.45, 2.75) is 221 Å². The fraction of sp³-hybridized carbons (Fsp3) is 0.956. The smallest absolute Gasteiger partial charge is 0.306 e. The van der Waals surface area contributed by atoms with Crippen LogP contribution in [0.25, 0.3) is 0 Å². The van der Waals surface area contributed by atoms with Gasteiger partial charge in [-0.3, -0.25) is 9.59 Å². The van der Waals surface area contributed by atoms with E-state index in [-0.39, 0.29) is 29.4 Å². The van der Waals surface area contributed by atoms with Crippen LogP contribution in [0.3, 0.4) is 0 Å². The van der Waals surface area contributed by atoms with Crippen LogP contribution in [-0.2, 0) is 19.1 Å². The van der Waals surface area contributed by atoms with E-state index in [4.69, 9.17) is 9.47 Å². The molecule has 6 heteroatoms. The number of carbonyl (C=O) groups excluding carboxylic acids is 2. The number of nitrogens with zero attached hydrogens (tertiary/aromatic N) is 1. The number of aliphatic hydroxyl groups is 1. The molecule has 0 aromatic carbocycles. The maximum atomic E-state index is 12.6. The maximum Gasteiger partial charge on any atom is 0.306 e. The summed E-state index contributed by atoms with van der Waals surface area (Å²) in [6.07, 6.45) is 33.6. The Labute approximate surface area is 317 Å². The zero-order valence-electron chi connectivity index (χ0n) is 34.9. The zero-order valence-corrected chi connectivity index (χ0v) is 34.9. The normalized spacial score (nSPS) is 14.0. The number of aliphatic hydroxyl groups excluding tert-OH is 1. The number of hydrogen-bond donors (Lipinski definition) is 1. The van der Waals surface area contributed by atoms with Gasteiger partial charge in [0.05, 0.1) is 19.6 Å². The van der Waals surface area contributed by atoms with Gasteiger partial charge in [-0.2, -0.15) is 0 Å². The van der Waals surface area contributed by atoms with Gasteiger partial charge in [0.25, 0.3) is 0 Å². The molecule has 51 heavy (non-hydrogen) atoms. The minimum Gasteiger partial charge on any atom is -0.466 e. The molecule has 1 saturated carbocycles. The third kappa shape index (κ3) is 28.0. The van der Waals surface area contributed by atoms with Gasteiger partial charge in [0, 0.05) is 19.6 Å². The van der Waals surface area contributed by atoms with Crippen LogP contribution < -0.4 is 0 Å². The van der Waals surface area contributed by atoms with E-state index in [9.17, 15) is 14.7 Å². The van der Waals surface area contributed by atoms with Crippen molar-refractivity contribution < 1.29 is 24.2 Å². The molecule has 1 N–H and O–H groups in total. The molecule has 0 amide bonds. The number of rotatable bonds is 38. The van der Waals surface area contributed by atoms with Gasteiger partial charge in [-0.05, 0) is 94.0 Å². The van der Waals surface area contributed by atoms with Crippen LogP contribution >= 0.6 is 0 Å². The Bertz CT molecular complexity index is 817. The molecular formula is C45H87NO5. The van der Waals surface area contributed by atoms with Crippen molar-refractivity contribution in [2.24, 2.45) is 16.7 Å². The van der Waals surface area contributed by atoms with E-state index in [0.29, 0.717) is 26.1 Å². The van der Waals surface area contributed by atoms with Crippen LogP contribution in [0.4, 0.5) is 0 Å².